The van der Waals surface area contributed by atoms with Gasteiger partial charge < -0.3 is 9.84 Å². The first-order valence-corrected chi connectivity index (χ1v) is 4.27. The van der Waals surface area contributed by atoms with E-state index in [2.05, 4.69) is 9.84 Å². The standard InChI is InChI=1S/C9H12N2O4/c1-9(2,8(14)15-3)11-5-4-6(10-11)7(12)13/h4-5H,1-3H3,(H,12,13). The van der Waals surface area contributed by atoms with Gasteiger partial charge in [0, 0.05) is 6.20 Å². The van der Waals surface area contributed by atoms with Gasteiger partial charge in [0.15, 0.2) is 11.2 Å². The van der Waals surface area contributed by atoms with Crippen molar-refractivity contribution in [2.75, 3.05) is 7.11 Å². The van der Waals surface area contributed by atoms with Crippen LogP contribution in [0.25, 0.3) is 0 Å². The number of rotatable bonds is 3. The molecule has 15 heavy (non-hydrogen) atoms. The molecule has 0 fully saturated rings. The van der Waals surface area contributed by atoms with Crippen molar-refractivity contribution < 1.29 is 19.4 Å². The predicted molar refractivity (Wildman–Crippen MR) is 50.5 cm³/mol. The van der Waals surface area contributed by atoms with Gasteiger partial charge in [0.2, 0.25) is 0 Å². The average Bonchev–Trinajstić information content (AvgIpc) is 2.65. The van der Waals surface area contributed by atoms with Crippen LogP contribution >= 0.6 is 0 Å². The molecule has 0 unspecified atom stereocenters. The van der Waals surface area contributed by atoms with Crippen LogP contribution in [0.15, 0.2) is 12.3 Å². The summed E-state index contributed by atoms with van der Waals surface area (Å²) in [4.78, 5) is 22.0. The van der Waals surface area contributed by atoms with Crippen LogP contribution in [0.3, 0.4) is 0 Å². The number of hydrogen-bond acceptors (Lipinski definition) is 4. The summed E-state index contributed by atoms with van der Waals surface area (Å²) in [7, 11) is 1.27. The first-order valence-electron chi connectivity index (χ1n) is 4.27. The number of ether oxygens (including phenoxy) is 1. The zero-order chi connectivity index (χ0) is 11.6. The quantitative estimate of drug-likeness (QED) is 0.737. The Bertz CT molecular complexity index is 395. The van der Waals surface area contributed by atoms with Crippen LogP contribution in [0, 0.1) is 0 Å². The Morgan fingerprint density at radius 1 is 1.53 bits per heavy atom. The minimum Gasteiger partial charge on any atom is -0.476 e. The second kappa shape index (κ2) is 3.72. The van der Waals surface area contributed by atoms with E-state index in [1.54, 1.807) is 13.8 Å². The maximum atomic E-state index is 11.4. The Labute approximate surface area is 86.5 Å². The Balaban J connectivity index is 3.05. The maximum absolute atomic E-state index is 11.4. The normalized spacial score (nSPS) is 11.1. The number of carbonyl (C=O) groups is 2. The lowest BCUT2D eigenvalue weighted by Gasteiger charge is -2.21. The predicted octanol–water partition coefficient (Wildman–Crippen LogP) is 0.489. The fourth-order valence-electron chi connectivity index (χ4n) is 1.09. The van der Waals surface area contributed by atoms with E-state index in [4.69, 9.17) is 5.11 Å². The van der Waals surface area contributed by atoms with Gasteiger partial charge in [0.05, 0.1) is 7.11 Å². The topological polar surface area (TPSA) is 81.4 Å². The zero-order valence-corrected chi connectivity index (χ0v) is 8.72. The lowest BCUT2D eigenvalue weighted by Crippen LogP contribution is -2.37. The molecule has 0 aromatic carbocycles. The van der Waals surface area contributed by atoms with Gasteiger partial charge in [-0.15, -0.1) is 0 Å². The third kappa shape index (κ3) is 1.98. The van der Waals surface area contributed by atoms with Crippen LogP contribution in [-0.4, -0.2) is 33.9 Å². The van der Waals surface area contributed by atoms with Crippen LogP contribution < -0.4 is 0 Å². The van der Waals surface area contributed by atoms with Gasteiger partial charge in [-0.25, -0.2) is 9.59 Å². The summed E-state index contributed by atoms with van der Waals surface area (Å²) in [5, 5.41) is 12.4. The molecular formula is C9H12N2O4. The fourth-order valence-corrected chi connectivity index (χ4v) is 1.09. The van der Waals surface area contributed by atoms with E-state index < -0.39 is 17.5 Å². The van der Waals surface area contributed by atoms with Gasteiger partial charge in [0.1, 0.15) is 0 Å². The van der Waals surface area contributed by atoms with Gasteiger partial charge in [-0.1, -0.05) is 0 Å². The van der Waals surface area contributed by atoms with Crippen LogP contribution in [0.1, 0.15) is 24.3 Å². The van der Waals surface area contributed by atoms with Crippen LogP contribution in [0.2, 0.25) is 0 Å². The van der Waals surface area contributed by atoms with Crippen molar-refractivity contribution in [3.63, 3.8) is 0 Å². The van der Waals surface area contributed by atoms with E-state index in [1.165, 1.54) is 24.1 Å². The highest BCUT2D eigenvalue weighted by atomic mass is 16.5. The van der Waals surface area contributed by atoms with Crippen molar-refractivity contribution in [2.45, 2.75) is 19.4 Å². The highest BCUT2D eigenvalue weighted by Gasteiger charge is 2.32. The average molecular weight is 212 g/mol. The molecule has 1 N–H and O–H groups in total. The summed E-state index contributed by atoms with van der Waals surface area (Å²) in [5.74, 6) is -1.61. The van der Waals surface area contributed by atoms with Gasteiger partial charge in [-0.2, -0.15) is 5.10 Å². The van der Waals surface area contributed by atoms with E-state index >= 15 is 0 Å². The Morgan fingerprint density at radius 3 is 2.53 bits per heavy atom. The Morgan fingerprint density at radius 2 is 2.13 bits per heavy atom. The molecule has 1 heterocycles. The zero-order valence-electron chi connectivity index (χ0n) is 8.72. The number of aromatic carboxylic acids is 1. The molecular weight excluding hydrogens is 200 g/mol. The molecule has 1 aromatic heterocycles. The van der Waals surface area contributed by atoms with E-state index in [0.717, 1.165) is 0 Å². The smallest absolute Gasteiger partial charge is 0.356 e. The van der Waals surface area contributed by atoms with Crippen LogP contribution in [0.5, 0.6) is 0 Å². The minimum absolute atomic E-state index is 0.105. The number of carbonyl (C=O) groups excluding carboxylic acids is 1. The molecule has 6 nitrogen and oxygen atoms in total. The number of hydrogen-bond donors (Lipinski definition) is 1. The molecule has 0 atom stereocenters. The van der Waals surface area contributed by atoms with Gasteiger partial charge in [0.25, 0.3) is 0 Å². The number of carboxylic acid groups (broad SMARTS) is 1. The van der Waals surface area contributed by atoms with Gasteiger partial charge in [-0.05, 0) is 19.9 Å². The van der Waals surface area contributed by atoms with Crippen LogP contribution in [-0.2, 0) is 15.1 Å². The molecule has 1 rings (SSSR count). The molecule has 0 radical (unpaired) electrons. The molecule has 0 spiro atoms. The molecule has 6 heteroatoms. The van der Waals surface area contributed by atoms with Gasteiger partial charge in [-0.3, -0.25) is 4.68 Å². The van der Waals surface area contributed by atoms with Crippen molar-refractivity contribution in [1.29, 1.82) is 0 Å². The Kier molecular flexibility index (Phi) is 2.78. The number of nitrogens with zero attached hydrogens (tertiary/aromatic N) is 2. The third-order valence-corrected chi connectivity index (χ3v) is 2.07. The van der Waals surface area contributed by atoms with Crippen molar-refractivity contribution in [3.05, 3.63) is 18.0 Å². The summed E-state index contributed by atoms with van der Waals surface area (Å²) in [5.41, 5.74) is -1.12. The van der Waals surface area contributed by atoms with E-state index in [9.17, 15) is 9.59 Å². The first kappa shape index (κ1) is 11.2. The van der Waals surface area contributed by atoms with Gasteiger partial charge >= 0.3 is 11.9 Å². The van der Waals surface area contributed by atoms with Crippen molar-refractivity contribution >= 4 is 11.9 Å². The SMILES string of the molecule is COC(=O)C(C)(C)n1ccc(C(=O)O)n1. The number of carboxylic acids is 1. The molecule has 0 aliphatic rings. The van der Waals surface area contributed by atoms with Crippen molar-refractivity contribution in [3.8, 4) is 0 Å². The second-order valence-corrected chi connectivity index (χ2v) is 3.50. The third-order valence-electron chi connectivity index (χ3n) is 2.07. The largest absolute Gasteiger partial charge is 0.476 e. The lowest BCUT2D eigenvalue weighted by molar-refractivity contribution is -0.150. The summed E-state index contributed by atoms with van der Waals surface area (Å²) >= 11 is 0. The van der Waals surface area contributed by atoms with Crippen LogP contribution in [0.4, 0.5) is 0 Å². The van der Waals surface area contributed by atoms with Crippen molar-refractivity contribution in [2.24, 2.45) is 0 Å². The molecule has 0 saturated heterocycles. The summed E-state index contributed by atoms with van der Waals surface area (Å²) < 4.78 is 5.86. The molecule has 0 bridgehead atoms. The summed E-state index contributed by atoms with van der Waals surface area (Å²) in [6, 6.07) is 1.33. The molecule has 0 saturated carbocycles. The molecule has 0 amide bonds. The monoisotopic (exact) mass is 212 g/mol. The van der Waals surface area contributed by atoms with E-state index in [-0.39, 0.29) is 5.69 Å². The number of aromatic nitrogens is 2. The first-order chi connectivity index (χ1) is 6.89. The molecule has 0 aliphatic carbocycles. The number of methoxy groups -OCH3 is 1. The second-order valence-electron chi connectivity index (χ2n) is 3.50. The lowest BCUT2D eigenvalue weighted by atomic mass is 10.1. The highest BCUT2D eigenvalue weighted by molar-refractivity contribution is 5.85. The molecule has 1 aromatic rings. The maximum Gasteiger partial charge on any atom is 0.356 e. The van der Waals surface area contributed by atoms with Crippen molar-refractivity contribution in [1.82, 2.24) is 9.78 Å². The summed E-state index contributed by atoms with van der Waals surface area (Å²) in [6.07, 6.45) is 1.43. The molecule has 0 aliphatic heterocycles. The van der Waals surface area contributed by atoms with E-state index in [0.29, 0.717) is 0 Å². The minimum atomic E-state index is -1.13. The number of esters is 1. The highest BCUT2D eigenvalue weighted by Crippen LogP contribution is 2.16. The Hall–Kier alpha value is -1.85. The fraction of sp³-hybridized carbons (Fsp3) is 0.444. The van der Waals surface area contributed by atoms with E-state index in [1.807, 2.05) is 0 Å². The molecule has 82 valence electrons. The summed E-state index contributed by atoms with van der Waals surface area (Å²) in [6.45, 7) is 3.19.